The largest absolute Gasteiger partial charge is 0.604 e. The van der Waals surface area contributed by atoms with Crippen molar-refractivity contribution in [2.75, 3.05) is 7.11 Å². The van der Waals surface area contributed by atoms with Crippen LogP contribution in [-0.4, -0.2) is 33.0 Å². The number of urea groups is 1. The van der Waals surface area contributed by atoms with Crippen molar-refractivity contribution in [3.8, 4) is 0 Å². The summed E-state index contributed by atoms with van der Waals surface area (Å²) in [5.41, 5.74) is -2.42. The number of methoxy groups -OCH3 is 1. The third kappa shape index (κ3) is 1.05. The van der Waals surface area contributed by atoms with Gasteiger partial charge in [-0.2, -0.15) is 8.58 Å². The topological polar surface area (TPSA) is 52.6 Å². The maximum Gasteiger partial charge on any atom is 0.455 e. The quantitative estimate of drug-likeness (QED) is 0.524. The lowest BCUT2D eigenvalue weighted by Crippen LogP contribution is -2.58. The first kappa shape index (κ1) is 12.0. The van der Waals surface area contributed by atoms with E-state index < -0.39 is 21.5 Å². The van der Waals surface area contributed by atoms with Crippen LogP contribution in [0, 0.1) is 5.21 Å². The molecule has 1 heterocycles. The highest BCUT2D eigenvalue weighted by Gasteiger charge is 2.70. The lowest BCUT2D eigenvalue weighted by atomic mass is 9.93. The molecule has 0 saturated carbocycles. The Morgan fingerprint density at radius 3 is 2.07 bits per heavy atom. The fourth-order valence-corrected chi connectivity index (χ4v) is 2.02. The molecule has 7 heteroatoms. The van der Waals surface area contributed by atoms with Crippen molar-refractivity contribution >= 4 is 29.6 Å². The van der Waals surface area contributed by atoms with Crippen molar-refractivity contribution in [2.24, 2.45) is 0 Å². The number of nitrogens with zero attached hydrogens (tertiary/aromatic N) is 2. The Labute approximate surface area is 92.5 Å². The average molecular weight is 243 g/mol. The van der Waals surface area contributed by atoms with E-state index in [-0.39, 0.29) is 0 Å². The number of hydrogen-bond donors (Lipinski definition) is 0. The van der Waals surface area contributed by atoms with Crippen molar-refractivity contribution in [1.29, 1.82) is 0 Å². The fraction of sp³-hybridized carbons (Fsp3) is 0.857. The zero-order valence-electron chi connectivity index (χ0n) is 8.38. The standard InChI is InChI=1S/C7H12Cl2N2O3/c1-6(2)7(3,14-4)10(8)5(12)11(6,9)13/h1-4H3. The molecule has 14 heavy (non-hydrogen) atoms. The van der Waals surface area contributed by atoms with Gasteiger partial charge in [0.15, 0.2) is 17.3 Å². The molecule has 2 amide bonds. The maximum absolute atomic E-state index is 11.8. The van der Waals surface area contributed by atoms with Crippen LogP contribution in [0.2, 0.25) is 0 Å². The molecule has 0 aromatic carbocycles. The number of ether oxygens (including phenoxy) is 1. The van der Waals surface area contributed by atoms with Crippen LogP contribution in [0.4, 0.5) is 4.79 Å². The van der Waals surface area contributed by atoms with Gasteiger partial charge in [0.05, 0.1) is 0 Å². The molecule has 0 N–H and O–H groups in total. The van der Waals surface area contributed by atoms with E-state index >= 15 is 0 Å². The zero-order chi connectivity index (χ0) is 11.4. The van der Waals surface area contributed by atoms with E-state index in [4.69, 9.17) is 28.3 Å². The first-order chi connectivity index (χ1) is 6.13. The molecule has 1 saturated heterocycles. The molecule has 82 valence electrons. The van der Waals surface area contributed by atoms with Crippen molar-refractivity contribution in [3.63, 3.8) is 0 Å². The second-order valence-electron chi connectivity index (χ2n) is 3.84. The monoisotopic (exact) mass is 242 g/mol. The van der Waals surface area contributed by atoms with Gasteiger partial charge in [-0.25, -0.2) is 4.79 Å². The van der Waals surface area contributed by atoms with E-state index in [0.29, 0.717) is 4.42 Å². The van der Waals surface area contributed by atoms with Gasteiger partial charge in [-0.05, 0) is 20.8 Å². The molecule has 0 spiro atoms. The van der Waals surface area contributed by atoms with Gasteiger partial charge in [0.25, 0.3) is 0 Å². The molecule has 1 aliphatic rings. The summed E-state index contributed by atoms with van der Waals surface area (Å²) < 4.78 is 4.22. The smallest absolute Gasteiger partial charge is 0.455 e. The Hall–Kier alpha value is -0.0700. The minimum absolute atomic E-state index is 0.715. The van der Waals surface area contributed by atoms with Gasteiger partial charge in [-0.15, -0.1) is 0 Å². The van der Waals surface area contributed by atoms with Crippen LogP contribution >= 0.6 is 23.6 Å². The number of carbonyl (C=O) groups excluding carboxylic acids is 1. The minimum Gasteiger partial charge on any atom is -0.604 e. The molecule has 1 fully saturated rings. The first-order valence-corrected chi connectivity index (χ1v) is 4.66. The Balaban J connectivity index is 3.33. The number of halogens is 2. The predicted octanol–water partition coefficient (Wildman–Crippen LogP) is 2.19. The molecule has 0 bridgehead atoms. The molecule has 5 nitrogen and oxygen atoms in total. The van der Waals surface area contributed by atoms with Crippen molar-refractivity contribution in [3.05, 3.63) is 5.21 Å². The minimum atomic E-state index is -1.60. The molecule has 1 rings (SSSR count). The normalized spacial score (nSPS) is 41.9. The Kier molecular flexibility index (Phi) is 2.54. The van der Waals surface area contributed by atoms with Crippen LogP contribution in [0.1, 0.15) is 20.8 Å². The van der Waals surface area contributed by atoms with Crippen LogP contribution in [0.15, 0.2) is 0 Å². The van der Waals surface area contributed by atoms with Crippen molar-refractivity contribution in [2.45, 2.75) is 32.0 Å². The number of hydrogen-bond acceptors (Lipinski definition) is 3. The highest BCUT2D eigenvalue weighted by Crippen LogP contribution is 2.49. The molecular formula is C7H12Cl2N2O3. The van der Waals surface area contributed by atoms with Crippen molar-refractivity contribution < 1.29 is 13.7 Å². The van der Waals surface area contributed by atoms with Gasteiger partial charge in [0, 0.05) is 18.9 Å². The van der Waals surface area contributed by atoms with E-state index in [1.54, 1.807) is 0 Å². The molecule has 0 radical (unpaired) electrons. The van der Waals surface area contributed by atoms with E-state index in [1.165, 1.54) is 27.9 Å². The summed E-state index contributed by atoms with van der Waals surface area (Å²) in [5.74, 6) is 0. The summed E-state index contributed by atoms with van der Waals surface area (Å²) in [4.78, 5) is 11.5. The molecular weight excluding hydrogens is 231 g/mol. The first-order valence-electron chi connectivity index (χ1n) is 3.98. The van der Waals surface area contributed by atoms with Gasteiger partial charge >= 0.3 is 6.03 Å². The third-order valence-corrected chi connectivity index (χ3v) is 4.07. The summed E-state index contributed by atoms with van der Waals surface area (Å²) in [6, 6.07) is -0.942. The van der Waals surface area contributed by atoms with Gasteiger partial charge in [0.1, 0.15) is 0 Å². The van der Waals surface area contributed by atoms with Crippen LogP contribution in [0.5, 0.6) is 0 Å². The summed E-state index contributed by atoms with van der Waals surface area (Å²) in [6.07, 6.45) is 0. The number of carbonyl (C=O) groups is 1. The molecule has 0 aromatic rings. The highest BCUT2D eigenvalue weighted by molar-refractivity contribution is 6.24. The van der Waals surface area contributed by atoms with E-state index in [1.807, 2.05) is 0 Å². The van der Waals surface area contributed by atoms with Crippen LogP contribution < -0.4 is 0 Å². The van der Waals surface area contributed by atoms with Gasteiger partial charge in [0.2, 0.25) is 5.72 Å². The van der Waals surface area contributed by atoms with Gasteiger partial charge < -0.3 is 9.94 Å². The predicted molar refractivity (Wildman–Crippen MR) is 52.1 cm³/mol. The van der Waals surface area contributed by atoms with Crippen molar-refractivity contribution in [1.82, 2.24) is 4.42 Å². The average Bonchev–Trinajstić information content (AvgIpc) is 2.19. The van der Waals surface area contributed by atoms with E-state index in [2.05, 4.69) is 0 Å². The highest BCUT2D eigenvalue weighted by atomic mass is 35.5. The molecule has 0 aromatic heterocycles. The fourth-order valence-electron chi connectivity index (χ4n) is 1.37. The van der Waals surface area contributed by atoms with E-state index in [0.717, 1.165) is 0 Å². The molecule has 2 unspecified atom stereocenters. The Bertz CT molecular complexity index is 279. The zero-order valence-corrected chi connectivity index (χ0v) is 9.89. The van der Waals surface area contributed by atoms with E-state index in [9.17, 15) is 10.0 Å². The lowest BCUT2D eigenvalue weighted by Gasteiger charge is -2.41. The molecule has 2 atom stereocenters. The Morgan fingerprint density at radius 1 is 1.50 bits per heavy atom. The summed E-state index contributed by atoms with van der Waals surface area (Å²) in [6.45, 7) is 4.59. The summed E-state index contributed by atoms with van der Waals surface area (Å²) in [5, 5.41) is 11.8. The van der Waals surface area contributed by atoms with Crippen LogP contribution in [0.25, 0.3) is 0 Å². The SMILES string of the molecule is COC1(C)N(Cl)C(=O)[N+]([O-])(Cl)C1(C)C. The second-order valence-corrected chi connectivity index (χ2v) is 4.66. The number of hydroxylamine groups is 2. The van der Waals surface area contributed by atoms with Crippen LogP contribution in [0.3, 0.4) is 0 Å². The van der Waals surface area contributed by atoms with Crippen LogP contribution in [-0.2, 0) is 4.74 Å². The maximum atomic E-state index is 11.8. The third-order valence-electron chi connectivity index (χ3n) is 3.04. The lowest BCUT2D eigenvalue weighted by molar-refractivity contribution is -0.732. The second kappa shape index (κ2) is 2.96. The summed E-state index contributed by atoms with van der Waals surface area (Å²) >= 11 is 11.3. The Morgan fingerprint density at radius 2 is 1.93 bits per heavy atom. The number of amides is 2. The number of rotatable bonds is 1. The summed E-state index contributed by atoms with van der Waals surface area (Å²) in [7, 11) is 1.37. The molecule has 1 aliphatic heterocycles. The van der Waals surface area contributed by atoms with Gasteiger partial charge in [-0.3, -0.25) is 0 Å². The van der Waals surface area contributed by atoms with Gasteiger partial charge in [-0.1, -0.05) is 0 Å². The number of quaternary nitrogens is 1. The molecule has 0 aliphatic carbocycles.